The third-order valence-corrected chi connectivity index (χ3v) is 4.18. The Morgan fingerprint density at radius 3 is 2.62 bits per heavy atom. The highest BCUT2D eigenvalue weighted by atomic mass is 16.6. The Hall–Kier alpha value is -2.97. The van der Waals surface area contributed by atoms with Crippen LogP contribution in [0.5, 0.6) is 5.75 Å². The minimum absolute atomic E-state index is 0.140. The molecule has 1 unspecified atom stereocenters. The van der Waals surface area contributed by atoms with Crippen molar-refractivity contribution in [2.24, 2.45) is 5.92 Å². The first kappa shape index (κ1) is 22.3. The van der Waals surface area contributed by atoms with Crippen LogP contribution in [0.4, 0.5) is 16.2 Å². The molecule has 0 bridgehead atoms. The molecule has 1 aliphatic heterocycles. The van der Waals surface area contributed by atoms with E-state index < -0.39 is 29.5 Å². The van der Waals surface area contributed by atoms with Gasteiger partial charge in [-0.1, -0.05) is 0 Å². The average molecular weight is 407 g/mol. The molecule has 3 N–H and O–H groups in total. The van der Waals surface area contributed by atoms with Crippen molar-refractivity contribution >= 4 is 29.3 Å². The zero-order chi connectivity index (χ0) is 21.6. The number of carbonyl (C=O) groups excluding carboxylic acids is 3. The van der Waals surface area contributed by atoms with Gasteiger partial charge < -0.3 is 30.2 Å². The van der Waals surface area contributed by atoms with Crippen molar-refractivity contribution in [1.82, 2.24) is 5.32 Å². The van der Waals surface area contributed by atoms with Crippen molar-refractivity contribution < 1.29 is 28.6 Å². The van der Waals surface area contributed by atoms with Gasteiger partial charge in [0.25, 0.3) is 0 Å². The number of aryl methyl sites for hydroxylation is 1. The van der Waals surface area contributed by atoms with E-state index in [4.69, 9.17) is 14.2 Å². The maximum absolute atomic E-state index is 12.6. The van der Waals surface area contributed by atoms with Gasteiger partial charge in [0.2, 0.25) is 5.91 Å². The van der Waals surface area contributed by atoms with Crippen molar-refractivity contribution in [3.8, 4) is 5.75 Å². The molecule has 9 nitrogen and oxygen atoms in total. The Labute approximate surface area is 170 Å². The minimum atomic E-state index is -0.880. The molecule has 1 aromatic rings. The maximum atomic E-state index is 12.6. The third kappa shape index (κ3) is 6.27. The van der Waals surface area contributed by atoms with E-state index in [1.165, 1.54) is 7.11 Å². The predicted molar refractivity (Wildman–Crippen MR) is 108 cm³/mol. The van der Waals surface area contributed by atoms with Crippen LogP contribution >= 0.6 is 0 Å². The summed E-state index contributed by atoms with van der Waals surface area (Å²) in [5.74, 6) is -1.32. The van der Waals surface area contributed by atoms with Crippen LogP contribution in [0, 0.1) is 5.92 Å². The summed E-state index contributed by atoms with van der Waals surface area (Å²) in [5.41, 5.74) is 1.42. The number of rotatable bonds is 6. The van der Waals surface area contributed by atoms with Gasteiger partial charge >= 0.3 is 12.1 Å². The SMILES string of the molecule is CCOC(=O)NCNc1cc2c(cc1OC)NC(=O)C(C(=O)OC(C)(C)C)CC2. The summed E-state index contributed by atoms with van der Waals surface area (Å²) in [6, 6.07) is 3.52. The summed E-state index contributed by atoms with van der Waals surface area (Å²) in [4.78, 5) is 36.4. The second-order valence-corrected chi connectivity index (χ2v) is 7.57. The number of hydrogen-bond donors (Lipinski definition) is 3. The number of carbonyl (C=O) groups is 3. The molecule has 9 heteroatoms. The first-order chi connectivity index (χ1) is 13.6. The van der Waals surface area contributed by atoms with Gasteiger partial charge in [0.05, 0.1) is 26.1 Å². The zero-order valence-corrected chi connectivity index (χ0v) is 17.5. The van der Waals surface area contributed by atoms with Gasteiger partial charge in [0.1, 0.15) is 17.3 Å². The lowest BCUT2D eigenvalue weighted by atomic mass is 9.99. The van der Waals surface area contributed by atoms with Gasteiger partial charge in [-0.05, 0) is 52.2 Å². The van der Waals surface area contributed by atoms with E-state index in [1.54, 1.807) is 33.8 Å². The van der Waals surface area contributed by atoms with E-state index >= 15 is 0 Å². The Kier molecular flexibility index (Phi) is 7.30. The first-order valence-corrected chi connectivity index (χ1v) is 9.53. The Morgan fingerprint density at radius 1 is 1.28 bits per heavy atom. The van der Waals surface area contributed by atoms with E-state index in [1.807, 2.05) is 6.07 Å². The Balaban J connectivity index is 2.14. The fourth-order valence-corrected chi connectivity index (χ4v) is 2.90. The summed E-state index contributed by atoms with van der Waals surface area (Å²) < 4.78 is 15.6. The van der Waals surface area contributed by atoms with E-state index in [-0.39, 0.29) is 13.3 Å². The number of benzene rings is 1. The molecule has 0 aromatic heterocycles. The van der Waals surface area contributed by atoms with Crippen molar-refractivity contribution in [2.75, 3.05) is 31.0 Å². The van der Waals surface area contributed by atoms with E-state index in [9.17, 15) is 14.4 Å². The highest BCUT2D eigenvalue weighted by Crippen LogP contribution is 2.35. The molecule has 1 heterocycles. The topological polar surface area (TPSA) is 115 Å². The summed E-state index contributed by atoms with van der Waals surface area (Å²) in [6.07, 6.45) is 0.309. The standard InChI is InChI=1S/C20H29N3O6/c1-6-28-19(26)22-11-21-15-9-12-7-8-13(18(25)29-20(2,3)4)17(24)23-14(12)10-16(15)27-5/h9-10,13,21H,6-8,11H2,1-5H3,(H,22,26)(H,23,24). The molecule has 1 atom stereocenters. The third-order valence-electron chi connectivity index (χ3n) is 4.18. The summed E-state index contributed by atoms with van der Waals surface area (Å²) in [6.45, 7) is 7.44. The molecule has 160 valence electrons. The van der Waals surface area contributed by atoms with Crippen LogP contribution in [-0.2, 0) is 25.5 Å². The largest absolute Gasteiger partial charge is 0.495 e. The molecular weight excluding hydrogens is 378 g/mol. The Bertz CT molecular complexity index is 772. The van der Waals surface area contributed by atoms with Crippen LogP contribution in [0.2, 0.25) is 0 Å². The number of alkyl carbamates (subject to hydrolysis) is 1. The zero-order valence-electron chi connectivity index (χ0n) is 17.5. The fraction of sp³-hybridized carbons (Fsp3) is 0.550. The molecule has 2 rings (SSSR count). The van der Waals surface area contributed by atoms with Gasteiger partial charge in [0, 0.05) is 11.8 Å². The second-order valence-electron chi connectivity index (χ2n) is 7.57. The van der Waals surface area contributed by atoms with Gasteiger partial charge in [-0.25, -0.2) is 4.79 Å². The number of nitrogens with one attached hydrogen (secondary N) is 3. The predicted octanol–water partition coefficient (Wildman–Crippen LogP) is 2.65. The van der Waals surface area contributed by atoms with Crippen molar-refractivity contribution in [3.63, 3.8) is 0 Å². The summed E-state index contributed by atoms with van der Waals surface area (Å²) in [7, 11) is 1.51. The lowest BCUT2D eigenvalue weighted by Gasteiger charge is -2.22. The van der Waals surface area contributed by atoms with Crippen molar-refractivity contribution in [1.29, 1.82) is 0 Å². The molecule has 2 amide bonds. The first-order valence-electron chi connectivity index (χ1n) is 9.53. The highest BCUT2D eigenvalue weighted by molar-refractivity contribution is 6.06. The molecule has 0 fully saturated rings. The molecule has 0 saturated carbocycles. The van der Waals surface area contributed by atoms with Crippen LogP contribution in [0.3, 0.4) is 0 Å². The number of amides is 2. The van der Waals surface area contributed by atoms with Crippen LogP contribution in [0.15, 0.2) is 12.1 Å². The smallest absolute Gasteiger partial charge is 0.408 e. The monoisotopic (exact) mass is 407 g/mol. The van der Waals surface area contributed by atoms with Crippen LogP contribution < -0.4 is 20.7 Å². The van der Waals surface area contributed by atoms with Crippen molar-refractivity contribution in [2.45, 2.75) is 46.1 Å². The molecule has 1 aliphatic rings. The van der Waals surface area contributed by atoms with E-state index in [0.717, 1.165) is 5.56 Å². The normalized spacial score (nSPS) is 16.0. The quantitative estimate of drug-likeness (QED) is 0.377. The minimum Gasteiger partial charge on any atom is -0.495 e. The number of fused-ring (bicyclic) bond motifs is 1. The van der Waals surface area contributed by atoms with Gasteiger partial charge in [-0.3, -0.25) is 9.59 Å². The maximum Gasteiger partial charge on any atom is 0.408 e. The highest BCUT2D eigenvalue weighted by Gasteiger charge is 2.33. The number of hydrogen-bond acceptors (Lipinski definition) is 7. The summed E-state index contributed by atoms with van der Waals surface area (Å²) in [5, 5.41) is 8.42. The number of esters is 1. The molecule has 0 spiro atoms. The van der Waals surface area contributed by atoms with Crippen LogP contribution in [0.25, 0.3) is 0 Å². The van der Waals surface area contributed by atoms with Crippen LogP contribution in [-0.4, -0.2) is 44.0 Å². The van der Waals surface area contributed by atoms with E-state index in [2.05, 4.69) is 16.0 Å². The Morgan fingerprint density at radius 2 is 2.00 bits per heavy atom. The van der Waals surface area contributed by atoms with Gasteiger partial charge in [0.15, 0.2) is 0 Å². The second kappa shape index (κ2) is 9.49. The van der Waals surface area contributed by atoms with Crippen molar-refractivity contribution in [3.05, 3.63) is 17.7 Å². The van der Waals surface area contributed by atoms with Gasteiger partial charge in [-0.15, -0.1) is 0 Å². The molecular formula is C20H29N3O6. The summed E-state index contributed by atoms with van der Waals surface area (Å²) >= 11 is 0. The average Bonchev–Trinajstić information content (AvgIpc) is 2.77. The fourth-order valence-electron chi connectivity index (χ4n) is 2.90. The molecule has 29 heavy (non-hydrogen) atoms. The molecule has 0 radical (unpaired) electrons. The lowest BCUT2D eigenvalue weighted by molar-refractivity contribution is -0.161. The van der Waals surface area contributed by atoms with Crippen LogP contribution in [0.1, 0.15) is 39.7 Å². The molecule has 0 saturated heterocycles. The number of methoxy groups -OCH3 is 1. The molecule has 0 aliphatic carbocycles. The van der Waals surface area contributed by atoms with Gasteiger partial charge in [-0.2, -0.15) is 0 Å². The molecule has 1 aromatic carbocycles. The number of anilines is 2. The number of ether oxygens (including phenoxy) is 3. The van der Waals surface area contributed by atoms with E-state index in [0.29, 0.717) is 30.0 Å². The lowest BCUT2D eigenvalue weighted by Crippen LogP contribution is -2.35.